The van der Waals surface area contributed by atoms with Crippen LogP contribution in [0.3, 0.4) is 0 Å². The van der Waals surface area contributed by atoms with Crippen molar-refractivity contribution < 1.29 is 36.6 Å². The Labute approximate surface area is 209 Å². The van der Waals surface area contributed by atoms with Gasteiger partial charge in [0.15, 0.2) is 18.1 Å². The van der Waals surface area contributed by atoms with Gasteiger partial charge < -0.3 is 23.9 Å². The van der Waals surface area contributed by atoms with Crippen LogP contribution in [-0.2, 0) is 11.0 Å². The minimum atomic E-state index is -4.97. The van der Waals surface area contributed by atoms with Crippen molar-refractivity contribution in [1.82, 2.24) is 0 Å². The van der Waals surface area contributed by atoms with Crippen LogP contribution in [0.4, 0.5) is 18.9 Å². The van der Waals surface area contributed by atoms with E-state index in [1.807, 2.05) is 19.1 Å². The van der Waals surface area contributed by atoms with Crippen LogP contribution >= 0.6 is 0 Å². The van der Waals surface area contributed by atoms with Crippen molar-refractivity contribution in [2.75, 3.05) is 26.1 Å². The number of carbonyl (C=O) groups excluding carboxylic acids is 1. The first-order chi connectivity index (χ1) is 17.6. The van der Waals surface area contributed by atoms with Crippen LogP contribution < -0.4 is 25.0 Å². The van der Waals surface area contributed by atoms with Crippen LogP contribution in [0, 0.1) is 6.92 Å². The van der Waals surface area contributed by atoms with Crippen molar-refractivity contribution >= 4 is 22.6 Å². The molecule has 0 aliphatic heterocycles. The van der Waals surface area contributed by atoms with Gasteiger partial charge in [-0.3, -0.25) is 9.59 Å². The number of anilines is 1. The topological polar surface area (TPSA) is 87.0 Å². The fourth-order valence-electron chi connectivity index (χ4n) is 3.70. The number of aryl methyl sites for hydroxylation is 1. The van der Waals surface area contributed by atoms with E-state index in [0.29, 0.717) is 5.69 Å². The number of alkyl halides is 3. The van der Waals surface area contributed by atoms with Gasteiger partial charge in [0.05, 0.1) is 25.2 Å². The van der Waals surface area contributed by atoms with E-state index in [9.17, 15) is 22.8 Å². The number of methoxy groups -OCH3 is 2. The second kappa shape index (κ2) is 10.3. The van der Waals surface area contributed by atoms with Gasteiger partial charge in [0.2, 0.25) is 11.2 Å². The third-order valence-electron chi connectivity index (χ3n) is 5.50. The van der Waals surface area contributed by atoms with Crippen LogP contribution in [0.5, 0.6) is 17.2 Å². The van der Waals surface area contributed by atoms with Crippen LogP contribution in [-0.4, -0.2) is 26.7 Å². The number of hydrogen-bond donors (Lipinski definition) is 1. The first-order valence-corrected chi connectivity index (χ1v) is 11.0. The molecule has 192 valence electrons. The minimum Gasteiger partial charge on any atom is -0.493 e. The average Bonchev–Trinajstić information content (AvgIpc) is 2.87. The van der Waals surface area contributed by atoms with E-state index in [1.54, 1.807) is 12.1 Å². The Balaban J connectivity index is 1.67. The molecule has 0 radical (unpaired) electrons. The smallest absolute Gasteiger partial charge is 0.450 e. The third kappa shape index (κ3) is 5.53. The highest BCUT2D eigenvalue weighted by molar-refractivity contribution is 5.92. The number of rotatable bonds is 7. The standard InChI is InChI=1S/C27H22F3NO6/c1-15-4-7-17(8-5-15)31-23(32)14-36-18-9-10-19-21(13-18)37-26(27(28,29)30)24(25(19)33)16-6-11-20(34-2)22(12-16)35-3/h4-13H,14H2,1-3H3,(H,31,32). The minimum absolute atomic E-state index is 0.0475. The maximum absolute atomic E-state index is 14.0. The van der Waals surface area contributed by atoms with Gasteiger partial charge in [-0.25, -0.2) is 0 Å². The van der Waals surface area contributed by atoms with E-state index in [2.05, 4.69) is 5.32 Å². The van der Waals surface area contributed by atoms with Gasteiger partial charge in [0.25, 0.3) is 5.91 Å². The monoisotopic (exact) mass is 513 g/mol. The van der Waals surface area contributed by atoms with Crippen molar-refractivity contribution in [3.63, 3.8) is 0 Å². The van der Waals surface area contributed by atoms with Crippen LogP contribution in [0.1, 0.15) is 11.3 Å². The highest BCUT2D eigenvalue weighted by Crippen LogP contribution is 2.40. The van der Waals surface area contributed by atoms with E-state index in [1.165, 1.54) is 44.6 Å². The zero-order chi connectivity index (χ0) is 26.7. The summed E-state index contributed by atoms with van der Waals surface area (Å²) in [6.45, 7) is 1.51. The number of amides is 1. The van der Waals surface area contributed by atoms with E-state index >= 15 is 0 Å². The molecule has 1 amide bonds. The second-order valence-electron chi connectivity index (χ2n) is 8.06. The Hall–Kier alpha value is -4.47. The predicted octanol–water partition coefficient (Wildman–Crippen LogP) is 5.82. The van der Waals surface area contributed by atoms with Gasteiger partial charge >= 0.3 is 6.18 Å². The fourth-order valence-corrected chi connectivity index (χ4v) is 3.70. The maximum Gasteiger partial charge on any atom is 0.450 e. The summed E-state index contributed by atoms with van der Waals surface area (Å²) in [7, 11) is 2.71. The summed E-state index contributed by atoms with van der Waals surface area (Å²) in [5, 5.41) is 2.56. The molecular weight excluding hydrogens is 491 g/mol. The van der Waals surface area contributed by atoms with Crippen molar-refractivity contribution in [3.8, 4) is 28.4 Å². The zero-order valence-electron chi connectivity index (χ0n) is 20.1. The number of hydrogen-bond acceptors (Lipinski definition) is 6. The molecule has 0 saturated heterocycles. The predicted molar refractivity (Wildman–Crippen MR) is 131 cm³/mol. The highest BCUT2D eigenvalue weighted by atomic mass is 19.4. The molecule has 1 aromatic heterocycles. The molecule has 7 nitrogen and oxygen atoms in total. The van der Waals surface area contributed by atoms with Crippen molar-refractivity contribution in [2.45, 2.75) is 13.1 Å². The summed E-state index contributed by atoms with van der Waals surface area (Å²) in [6.07, 6.45) is -4.97. The van der Waals surface area contributed by atoms with E-state index in [0.717, 1.165) is 11.6 Å². The quantitative estimate of drug-likeness (QED) is 0.335. The summed E-state index contributed by atoms with van der Waals surface area (Å²) in [5.74, 6) is -1.43. The summed E-state index contributed by atoms with van der Waals surface area (Å²) in [4.78, 5) is 25.4. The van der Waals surface area contributed by atoms with Gasteiger partial charge in [-0.15, -0.1) is 0 Å². The van der Waals surface area contributed by atoms with E-state index in [4.69, 9.17) is 18.6 Å². The maximum atomic E-state index is 14.0. The van der Waals surface area contributed by atoms with Gasteiger partial charge in [-0.2, -0.15) is 13.2 Å². The molecule has 3 aromatic carbocycles. The Bertz CT molecular complexity index is 1510. The lowest BCUT2D eigenvalue weighted by Crippen LogP contribution is -2.20. The number of halogens is 3. The molecule has 1 N–H and O–H groups in total. The highest BCUT2D eigenvalue weighted by Gasteiger charge is 2.39. The molecule has 0 bridgehead atoms. The second-order valence-corrected chi connectivity index (χ2v) is 8.06. The van der Waals surface area contributed by atoms with Crippen molar-refractivity contribution in [2.24, 2.45) is 0 Å². The lowest BCUT2D eigenvalue weighted by Gasteiger charge is -2.15. The summed E-state index contributed by atoms with van der Waals surface area (Å²) >= 11 is 0. The first kappa shape index (κ1) is 25.6. The van der Waals surface area contributed by atoms with Crippen molar-refractivity contribution in [1.29, 1.82) is 0 Å². The van der Waals surface area contributed by atoms with Gasteiger partial charge in [0, 0.05) is 11.8 Å². The van der Waals surface area contributed by atoms with Crippen molar-refractivity contribution in [3.05, 3.63) is 82.2 Å². The molecule has 0 spiro atoms. The number of fused-ring (bicyclic) bond motifs is 1. The molecule has 37 heavy (non-hydrogen) atoms. The molecule has 4 rings (SSSR count). The molecule has 0 fully saturated rings. The number of carbonyl (C=O) groups is 1. The fraction of sp³-hybridized carbons (Fsp3) is 0.185. The third-order valence-corrected chi connectivity index (χ3v) is 5.50. The first-order valence-electron chi connectivity index (χ1n) is 11.0. The Morgan fingerprint density at radius 3 is 2.30 bits per heavy atom. The largest absolute Gasteiger partial charge is 0.493 e. The summed E-state index contributed by atoms with van der Waals surface area (Å²) in [5.41, 5.74) is -0.330. The molecule has 4 aromatic rings. The molecule has 10 heteroatoms. The number of benzene rings is 3. The van der Waals surface area contributed by atoms with Crippen LogP contribution in [0.15, 0.2) is 69.9 Å². The average molecular weight is 513 g/mol. The molecular formula is C27H22F3NO6. The molecule has 0 aliphatic rings. The van der Waals surface area contributed by atoms with Gasteiger partial charge in [0.1, 0.15) is 11.3 Å². The van der Waals surface area contributed by atoms with Gasteiger partial charge in [-0.05, 0) is 48.9 Å². The summed E-state index contributed by atoms with van der Waals surface area (Å²) in [6, 6.07) is 14.9. The number of ether oxygens (including phenoxy) is 3. The molecule has 1 heterocycles. The Morgan fingerprint density at radius 2 is 1.65 bits per heavy atom. The molecule has 0 unspecified atom stereocenters. The van der Waals surface area contributed by atoms with Crippen LogP contribution in [0.25, 0.3) is 22.1 Å². The van der Waals surface area contributed by atoms with E-state index < -0.39 is 35.4 Å². The SMILES string of the molecule is COc1ccc(-c2c(C(F)(F)F)oc3cc(OCC(=O)Nc4ccc(C)cc4)ccc3c2=O)cc1OC. The molecule has 0 saturated carbocycles. The van der Waals surface area contributed by atoms with Crippen LogP contribution in [0.2, 0.25) is 0 Å². The number of nitrogens with one attached hydrogen (secondary N) is 1. The normalized spacial score (nSPS) is 11.3. The van der Waals surface area contributed by atoms with E-state index in [-0.39, 0.29) is 33.8 Å². The zero-order valence-corrected chi connectivity index (χ0v) is 20.1. The summed E-state index contributed by atoms with van der Waals surface area (Å²) < 4.78 is 62.9. The Morgan fingerprint density at radius 1 is 0.946 bits per heavy atom. The molecule has 0 aliphatic carbocycles. The lowest BCUT2D eigenvalue weighted by atomic mass is 10.0. The Kier molecular flexibility index (Phi) is 7.10. The molecule has 0 atom stereocenters. The van der Waals surface area contributed by atoms with Gasteiger partial charge in [-0.1, -0.05) is 23.8 Å². The lowest BCUT2D eigenvalue weighted by molar-refractivity contribution is -0.152.